The molecule has 0 aliphatic heterocycles. The lowest BCUT2D eigenvalue weighted by Gasteiger charge is -1.95. The number of hydrogen-bond acceptors (Lipinski definition) is 4. The van der Waals surface area contributed by atoms with E-state index < -0.39 is 0 Å². The van der Waals surface area contributed by atoms with Crippen molar-refractivity contribution >= 4 is 11.9 Å². The highest BCUT2D eigenvalue weighted by atomic mass is 16.5. The van der Waals surface area contributed by atoms with E-state index in [1.807, 2.05) is 6.92 Å². The molecule has 1 rings (SSSR count). The first kappa shape index (κ1) is 8.70. The van der Waals surface area contributed by atoms with E-state index in [1.54, 1.807) is 6.92 Å². The maximum absolute atomic E-state index is 11.0. The largest absolute Gasteiger partial charge is 0.338 e. The van der Waals surface area contributed by atoms with E-state index in [4.69, 9.17) is 0 Å². The minimum Gasteiger partial charge on any atom is -0.338 e. The Hall–Kier alpha value is -1.39. The molecule has 0 spiro atoms. The third-order valence-electron chi connectivity index (χ3n) is 1.26. The molecule has 1 heterocycles. The number of carbonyl (C=O) groups excluding carboxylic acids is 1. The zero-order valence-corrected chi connectivity index (χ0v) is 7.13. The van der Waals surface area contributed by atoms with Crippen LogP contribution in [0, 0.1) is 6.92 Å². The van der Waals surface area contributed by atoms with E-state index in [-0.39, 0.29) is 11.9 Å². The van der Waals surface area contributed by atoms with Gasteiger partial charge >= 0.3 is 0 Å². The van der Waals surface area contributed by atoms with Crippen LogP contribution in [0.3, 0.4) is 0 Å². The third-order valence-corrected chi connectivity index (χ3v) is 1.26. The van der Waals surface area contributed by atoms with Crippen molar-refractivity contribution in [2.75, 3.05) is 5.32 Å². The predicted octanol–water partition coefficient (Wildman–Crippen LogP) is 1.12. The van der Waals surface area contributed by atoms with Crippen molar-refractivity contribution < 1.29 is 9.32 Å². The zero-order valence-electron chi connectivity index (χ0n) is 7.13. The van der Waals surface area contributed by atoms with Crippen LogP contribution in [-0.2, 0) is 4.79 Å². The maximum atomic E-state index is 11.0. The fraction of sp³-hybridized carbons (Fsp3) is 0.571. The average Bonchev–Trinajstić information content (AvgIpc) is 2.36. The van der Waals surface area contributed by atoms with Crippen LogP contribution in [0.2, 0.25) is 0 Å². The van der Waals surface area contributed by atoms with E-state index in [1.165, 1.54) is 0 Å². The maximum Gasteiger partial charge on any atom is 0.270 e. The molecule has 0 aliphatic carbocycles. The third kappa shape index (κ3) is 2.34. The number of rotatable bonds is 3. The van der Waals surface area contributed by atoms with Gasteiger partial charge in [-0.25, -0.2) is 0 Å². The van der Waals surface area contributed by atoms with Crippen molar-refractivity contribution in [3.05, 3.63) is 5.89 Å². The summed E-state index contributed by atoms with van der Waals surface area (Å²) in [4.78, 5) is 14.8. The SMILES string of the molecule is CCCC(=O)Nc1noc(C)n1. The number of aryl methyl sites for hydroxylation is 1. The number of amides is 1. The monoisotopic (exact) mass is 169 g/mol. The Morgan fingerprint density at radius 1 is 1.67 bits per heavy atom. The fourth-order valence-electron chi connectivity index (χ4n) is 0.764. The Morgan fingerprint density at radius 3 is 2.92 bits per heavy atom. The topological polar surface area (TPSA) is 68.0 Å². The van der Waals surface area contributed by atoms with Crippen LogP contribution in [0.4, 0.5) is 5.95 Å². The van der Waals surface area contributed by atoms with Crippen molar-refractivity contribution in [1.29, 1.82) is 0 Å². The van der Waals surface area contributed by atoms with Crippen molar-refractivity contribution in [1.82, 2.24) is 10.1 Å². The molecule has 0 aliphatic rings. The molecule has 5 heteroatoms. The Balaban J connectivity index is 2.46. The summed E-state index contributed by atoms with van der Waals surface area (Å²) in [6.45, 7) is 3.60. The number of hydrogen-bond donors (Lipinski definition) is 1. The van der Waals surface area contributed by atoms with Crippen LogP contribution < -0.4 is 5.32 Å². The summed E-state index contributed by atoms with van der Waals surface area (Å²) in [5.41, 5.74) is 0. The van der Waals surface area contributed by atoms with E-state index >= 15 is 0 Å². The van der Waals surface area contributed by atoms with Crippen LogP contribution in [-0.4, -0.2) is 16.0 Å². The zero-order chi connectivity index (χ0) is 8.97. The molecule has 1 aromatic rings. The molecule has 0 bridgehead atoms. The average molecular weight is 169 g/mol. The van der Waals surface area contributed by atoms with Crippen molar-refractivity contribution in [2.45, 2.75) is 26.7 Å². The minimum atomic E-state index is -0.0849. The van der Waals surface area contributed by atoms with Gasteiger partial charge in [0.25, 0.3) is 5.95 Å². The summed E-state index contributed by atoms with van der Waals surface area (Å²) in [6, 6.07) is 0. The van der Waals surface area contributed by atoms with Crippen LogP contribution in [0.5, 0.6) is 0 Å². The Labute approximate surface area is 70.2 Å². The number of nitrogens with one attached hydrogen (secondary N) is 1. The summed E-state index contributed by atoms with van der Waals surface area (Å²) < 4.78 is 4.67. The summed E-state index contributed by atoms with van der Waals surface area (Å²) in [5, 5.41) is 6.03. The molecule has 1 aromatic heterocycles. The van der Waals surface area contributed by atoms with Gasteiger partial charge in [-0.1, -0.05) is 6.92 Å². The number of nitrogens with zero attached hydrogens (tertiary/aromatic N) is 2. The molecule has 0 fully saturated rings. The normalized spacial score (nSPS) is 9.83. The van der Waals surface area contributed by atoms with Crippen molar-refractivity contribution in [3.63, 3.8) is 0 Å². The van der Waals surface area contributed by atoms with Crippen LogP contribution >= 0.6 is 0 Å². The van der Waals surface area contributed by atoms with Crippen LogP contribution in [0.25, 0.3) is 0 Å². The van der Waals surface area contributed by atoms with E-state index in [0.29, 0.717) is 12.3 Å². The van der Waals surface area contributed by atoms with Gasteiger partial charge in [0, 0.05) is 13.3 Å². The lowest BCUT2D eigenvalue weighted by Crippen LogP contribution is -2.11. The predicted molar refractivity (Wildman–Crippen MR) is 42.6 cm³/mol. The first-order valence-electron chi connectivity index (χ1n) is 3.82. The van der Waals surface area contributed by atoms with E-state index in [9.17, 15) is 4.79 Å². The van der Waals surface area contributed by atoms with Gasteiger partial charge in [-0.3, -0.25) is 10.1 Å². The molecule has 0 atom stereocenters. The first-order chi connectivity index (χ1) is 5.72. The molecule has 5 nitrogen and oxygen atoms in total. The lowest BCUT2D eigenvalue weighted by atomic mass is 10.3. The standard InChI is InChI=1S/C7H11N3O2/c1-3-4-6(11)9-7-8-5(2)12-10-7/h3-4H2,1-2H3,(H,9,10,11). The molecular formula is C7H11N3O2. The van der Waals surface area contributed by atoms with Gasteiger partial charge in [-0.2, -0.15) is 4.98 Å². The highest BCUT2D eigenvalue weighted by molar-refractivity contribution is 5.88. The van der Waals surface area contributed by atoms with Crippen LogP contribution in [0.15, 0.2) is 4.52 Å². The highest BCUT2D eigenvalue weighted by Crippen LogP contribution is 2.01. The highest BCUT2D eigenvalue weighted by Gasteiger charge is 2.05. The van der Waals surface area contributed by atoms with Gasteiger partial charge in [0.05, 0.1) is 0 Å². The number of carbonyl (C=O) groups is 1. The molecule has 66 valence electrons. The minimum absolute atomic E-state index is 0.0849. The van der Waals surface area contributed by atoms with Crippen molar-refractivity contribution in [3.8, 4) is 0 Å². The molecule has 12 heavy (non-hydrogen) atoms. The summed E-state index contributed by atoms with van der Waals surface area (Å²) in [5.74, 6) is 0.603. The second-order valence-corrected chi connectivity index (χ2v) is 2.44. The van der Waals surface area contributed by atoms with Crippen LogP contribution in [0.1, 0.15) is 25.7 Å². The van der Waals surface area contributed by atoms with Gasteiger partial charge in [-0.15, -0.1) is 0 Å². The second kappa shape index (κ2) is 3.85. The number of aromatic nitrogens is 2. The molecule has 0 radical (unpaired) electrons. The van der Waals surface area contributed by atoms with E-state index in [2.05, 4.69) is 20.0 Å². The van der Waals surface area contributed by atoms with Gasteiger partial charge in [0.15, 0.2) is 0 Å². The van der Waals surface area contributed by atoms with Crippen molar-refractivity contribution in [2.24, 2.45) is 0 Å². The summed E-state index contributed by atoms with van der Waals surface area (Å²) >= 11 is 0. The molecule has 0 aromatic carbocycles. The van der Waals surface area contributed by atoms with Gasteiger partial charge in [0.2, 0.25) is 11.8 Å². The lowest BCUT2D eigenvalue weighted by molar-refractivity contribution is -0.116. The van der Waals surface area contributed by atoms with Gasteiger partial charge < -0.3 is 4.52 Å². The van der Waals surface area contributed by atoms with Gasteiger partial charge in [-0.05, 0) is 11.6 Å². The Kier molecular flexibility index (Phi) is 2.79. The molecule has 0 saturated heterocycles. The quantitative estimate of drug-likeness (QED) is 0.736. The van der Waals surface area contributed by atoms with Gasteiger partial charge in [0.1, 0.15) is 0 Å². The second-order valence-electron chi connectivity index (χ2n) is 2.44. The molecule has 1 amide bonds. The summed E-state index contributed by atoms with van der Waals surface area (Å²) in [6.07, 6.45) is 1.29. The molecule has 1 N–H and O–H groups in total. The first-order valence-corrected chi connectivity index (χ1v) is 3.82. The Morgan fingerprint density at radius 2 is 2.42 bits per heavy atom. The molecule has 0 unspecified atom stereocenters. The summed E-state index contributed by atoms with van der Waals surface area (Å²) in [7, 11) is 0. The Bertz CT molecular complexity index is 269. The smallest absolute Gasteiger partial charge is 0.270 e. The fourth-order valence-corrected chi connectivity index (χ4v) is 0.764. The van der Waals surface area contributed by atoms with E-state index in [0.717, 1.165) is 6.42 Å². The molecular weight excluding hydrogens is 158 g/mol. The molecule has 0 saturated carbocycles. The number of anilines is 1.